The molecule has 0 radical (unpaired) electrons. The van der Waals surface area contributed by atoms with Crippen LogP contribution < -0.4 is 10.6 Å². The van der Waals surface area contributed by atoms with Gasteiger partial charge in [0.25, 0.3) is 15.7 Å². The average Bonchev–Trinajstić information content (AvgIpc) is 3.14. The molecule has 0 amide bonds. The molecule has 0 aliphatic carbocycles. The molecule has 1 saturated heterocycles. The fourth-order valence-corrected chi connectivity index (χ4v) is 7.90. The van der Waals surface area contributed by atoms with Crippen LogP contribution in [0.5, 0.6) is 0 Å². The Kier molecular flexibility index (Phi) is 11.1. The number of benzene rings is 5. The largest absolute Gasteiger partial charge is 0.383 e. The maximum Gasteiger partial charge on any atom is 0.284 e. The van der Waals surface area contributed by atoms with Crippen LogP contribution in [-0.2, 0) is 16.4 Å². The van der Waals surface area contributed by atoms with E-state index in [2.05, 4.69) is 63.9 Å². The number of hydrogen-bond acceptors (Lipinski definition) is 6. The molecule has 1 aliphatic heterocycles. The van der Waals surface area contributed by atoms with Crippen LogP contribution in [0.2, 0.25) is 0 Å². The van der Waals surface area contributed by atoms with E-state index in [0.717, 1.165) is 48.3 Å². The lowest BCUT2D eigenvalue weighted by molar-refractivity contribution is -0.385. The van der Waals surface area contributed by atoms with Crippen molar-refractivity contribution in [2.45, 2.75) is 35.5 Å². The summed E-state index contributed by atoms with van der Waals surface area (Å²) >= 11 is 1.67. The van der Waals surface area contributed by atoms with Crippen molar-refractivity contribution < 1.29 is 13.3 Å². The minimum absolute atomic E-state index is 0.179. The maximum atomic E-state index is 13.2. The molecule has 254 valence electrons. The second-order valence-electron chi connectivity index (χ2n) is 12.1. The molecule has 0 atom stereocenters. The summed E-state index contributed by atoms with van der Waals surface area (Å²) in [5.74, 6) is 0.600. The van der Waals surface area contributed by atoms with E-state index < -0.39 is 14.9 Å². The SMILES string of the molecule is NC(=NS(=O)(=O)c1ccc(CCCSc2ccccc2)c([N+](=O)[O-])c1)c1ccc(N2CCC(=Cc3ccccc3-c3ccccc3)CC2)cc1. The predicted octanol–water partition coefficient (Wildman–Crippen LogP) is 8.76. The number of nitro groups is 1. The second kappa shape index (κ2) is 16.0. The first-order chi connectivity index (χ1) is 24.3. The van der Waals surface area contributed by atoms with Crippen LogP contribution in [0, 0.1) is 10.1 Å². The number of anilines is 1. The van der Waals surface area contributed by atoms with Crippen molar-refractivity contribution in [1.82, 2.24) is 0 Å². The number of aryl methyl sites for hydroxylation is 1. The van der Waals surface area contributed by atoms with Gasteiger partial charge in [-0.2, -0.15) is 8.42 Å². The van der Waals surface area contributed by atoms with E-state index in [1.54, 1.807) is 23.9 Å². The summed E-state index contributed by atoms with van der Waals surface area (Å²) in [5.41, 5.74) is 12.9. The highest BCUT2D eigenvalue weighted by Gasteiger charge is 2.22. The van der Waals surface area contributed by atoms with Gasteiger partial charge in [0.15, 0.2) is 0 Å². The molecule has 1 aliphatic rings. The highest BCUT2D eigenvalue weighted by Crippen LogP contribution is 2.30. The molecule has 5 aromatic rings. The molecule has 50 heavy (non-hydrogen) atoms. The average molecular weight is 703 g/mol. The molecule has 0 spiro atoms. The second-order valence-corrected chi connectivity index (χ2v) is 14.8. The molecule has 6 rings (SSSR count). The molecular weight excluding hydrogens is 665 g/mol. The van der Waals surface area contributed by atoms with Crippen molar-refractivity contribution >= 4 is 45.1 Å². The van der Waals surface area contributed by atoms with E-state index in [9.17, 15) is 18.5 Å². The Morgan fingerprint density at radius 1 is 0.860 bits per heavy atom. The molecule has 0 unspecified atom stereocenters. The first-order valence-corrected chi connectivity index (χ1v) is 18.9. The first-order valence-electron chi connectivity index (χ1n) is 16.5. The van der Waals surface area contributed by atoms with Gasteiger partial charge in [-0.3, -0.25) is 10.1 Å². The Labute approximate surface area is 297 Å². The third-order valence-electron chi connectivity index (χ3n) is 8.71. The number of thioether (sulfide) groups is 1. The number of piperidine rings is 1. The molecule has 1 fully saturated rings. The van der Waals surface area contributed by atoms with Gasteiger partial charge in [0.2, 0.25) is 0 Å². The van der Waals surface area contributed by atoms with Gasteiger partial charge in [0, 0.05) is 40.9 Å². The quantitative estimate of drug-likeness (QED) is 0.0345. The van der Waals surface area contributed by atoms with Gasteiger partial charge in [-0.05, 0) is 90.6 Å². The molecule has 0 saturated carbocycles. The zero-order chi connectivity index (χ0) is 34.9. The van der Waals surface area contributed by atoms with E-state index in [-0.39, 0.29) is 16.4 Å². The Morgan fingerprint density at radius 3 is 2.22 bits per heavy atom. The van der Waals surface area contributed by atoms with E-state index in [0.29, 0.717) is 24.0 Å². The van der Waals surface area contributed by atoms with Crippen LogP contribution in [0.15, 0.2) is 147 Å². The summed E-state index contributed by atoms with van der Waals surface area (Å²) in [7, 11) is -4.29. The smallest absolute Gasteiger partial charge is 0.284 e. The minimum Gasteiger partial charge on any atom is -0.383 e. The van der Waals surface area contributed by atoms with Crippen LogP contribution >= 0.6 is 11.8 Å². The van der Waals surface area contributed by atoms with Crippen molar-refractivity contribution in [2.75, 3.05) is 23.7 Å². The number of hydrogen-bond donors (Lipinski definition) is 1. The Balaban J connectivity index is 1.08. The van der Waals surface area contributed by atoms with Crippen molar-refractivity contribution in [1.29, 1.82) is 0 Å². The Morgan fingerprint density at radius 2 is 1.52 bits per heavy atom. The first kappa shape index (κ1) is 34.7. The van der Waals surface area contributed by atoms with Crippen LogP contribution in [0.4, 0.5) is 11.4 Å². The number of rotatable bonds is 12. The third kappa shape index (κ3) is 8.69. The molecule has 5 aromatic carbocycles. The fourth-order valence-electron chi connectivity index (χ4n) is 6.05. The standard InChI is InChI=1S/C40H38N4O4S2/c41-40(42-50(47,48)37-22-19-32(39(29-37)44(45)46)13-9-27-49-36-14-5-2-6-15-36)33-17-20-35(21-18-33)43-25-23-30(24-26-43)28-34-12-7-8-16-38(34)31-10-3-1-4-11-31/h1-8,10-12,14-22,28-29H,9,13,23-27H2,(H2,41,42). The lowest BCUT2D eigenvalue weighted by atomic mass is 9.95. The lowest BCUT2D eigenvalue weighted by Gasteiger charge is -2.30. The van der Waals surface area contributed by atoms with Gasteiger partial charge in [0.05, 0.1) is 9.82 Å². The van der Waals surface area contributed by atoms with E-state index in [4.69, 9.17) is 5.73 Å². The van der Waals surface area contributed by atoms with Gasteiger partial charge in [0.1, 0.15) is 5.84 Å². The molecule has 0 bridgehead atoms. The fraction of sp³-hybridized carbons (Fsp3) is 0.175. The molecule has 0 aromatic heterocycles. The summed E-state index contributed by atoms with van der Waals surface area (Å²) in [6.07, 6.45) is 5.33. The van der Waals surface area contributed by atoms with E-state index in [1.807, 2.05) is 48.5 Å². The van der Waals surface area contributed by atoms with Gasteiger partial charge < -0.3 is 10.6 Å². The molecular formula is C40H38N4O4S2. The maximum absolute atomic E-state index is 13.2. The lowest BCUT2D eigenvalue weighted by Crippen LogP contribution is -2.30. The van der Waals surface area contributed by atoms with Crippen LogP contribution in [0.3, 0.4) is 0 Å². The number of sulfonamides is 1. The van der Waals surface area contributed by atoms with Gasteiger partial charge in [-0.1, -0.05) is 90.5 Å². The van der Waals surface area contributed by atoms with Crippen molar-refractivity contribution in [3.8, 4) is 11.1 Å². The normalized spacial score (nSPS) is 13.6. The predicted molar refractivity (Wildman–Crippen MR) is 204 cm³/mol. The Bertz CT molecular complexity index is 2110. The van der Waals surface area contributed by atoms with Crippen molar-refractivity contribution in [3.05, 3.63) is 160 Å². The van der Waals surface area contributed by atoms with Gasteiger partial charge in [-0.25, -0.2) is 0 Å². The van der Waals surface area contributed by atoms with E-state index >= 15 is 0 Å². The summed E-state index contributed by atoms with van der Waals surface area (Å²) in [6.45, 7) is 1.72. The number of nitrogens with two attached hydrogens (primary N) is 1. The van der Waals surface area contributed by atoms with Gasteiger partial charge >= 0.3 is 0 Å². The molecule has 1 heterocycles. The third-order valence-corrected chi connectivity index (χ3v) is 11.1. The monoisotopic (exact) mass is 702 g/mol. The highest BCUT2D eigenvalue weighted by atomic mass is 32.2. The van der Waals surface area contributed by atoms with Crippen LogP contribution in [-0.4, -0.2) is 38.0 Å². The van der Waals surface area contributed by atoms with Gasteiger partial charge in [-0.15, -0.1) is 16.2 Å². The van der Waals surface area contributed by atoms with Crippen LogP contribution in [0.1, 0.15) is 36.0 Å². The summed E-state index contributed by atoms with van der Waals surface area (Å²) in [4.78, 5) is 14.5. The Hall–Kier alpha value is -5.19. The topological polar surface area (TPSA) is 119 Å². The summed E-state index contributed by atoms with van der Waals surface area (Å²) in [6, 6.07) is 40.1. The number of nitro benzene ring substituents is 1. The zero-order valence-electron chi connectivity index (χ0n) is 27.5. The van der Waals surface area contributed by atoms with Crippen molar-refractivity contribution in [3.63, 3.8) is 0 Å². The highest BCUT2D eigenvalue weighted by molar-refractivity contribution is 7.99. The van der Waals surface area contributed by atoms with E-state index in [1.165, 1.54) is 34.4 Å². The number of amidine groups is 1. The minimum atomic E-state index is -4.29. The van der Waals surface area contributed by atoms with Crippen LogP contribution in [0.25, 0.3) is 17.2 Å². The molecule has 8 nitrogen and oxygen atoms in total. The number of nitrogens with zero attached hydrogens (tertiary/aromatic N) is 3. The molecule has 10 heteroatoms. The molecule has 2 N–H and O–H groups in total. The summed E-state index contributed by atoms with van der Waals surface area (Å²) < 4.78 is 30.2. The summed E-state index contributed by atoms with van der Waals surface area (Å²) in [5, 5.41) is 11.9. The zero-order valence-corrected chi connectivity index (χ0v) is 29.2. The van der Waals surface area contributed by atoms with Crippen molar-refractivity contribution in [2.24, 2.45) is 10.1 Å².